The molecular weight excluding hydrogens is 443 g/mol. The molecule has 0 aliphatic heterocycles. The van der Waals surface area contributed by atoms with E-state index in [1.165, 1.54) is 31.5 Å². The number of halogens is 1. The number of hydrogen-bond acceptors (Lipinski definition) is 4. The van der Waals surface area contributed by atoms with E-state index in [4.69, 9.17) is 4.74 Å². The molecule has 0 fully saturated rings. The summed E-state index contributed by atoms with van der Waals surface area (Å²) >= 11 is 0. The number of methoxy groups -OCH3 is 1. The molecule has 0 unspecified atom stereocenters. The van der Waals surface area contributed by atoms with Crippen LogP contribution in [0.15, 0.2) is 77.8 Å². The average Bonchev–Trinajstić information content (AvgIpc) is 3.15. The molecule has 3 aromatic carbocycles. The van der Waals surface area contributed by atoms with Gasteiger partial charge in [-0.15, -0.1) is 0 Å². The number of carbonyl (C=O) groups is 1. The van der Waals surface area contributed by atoms with E-state index in [2.05, 4.69) is 5.32 Å². The van der Waals surface area contributed by atoms with Crippen LogP contribution in [0.1, 0.15) is 11.1 Å². The van der Waals surface area contributed by atoms with Crippen LogP contribution in [0.5, 0.6) is 5.75 Å². The van der Waals surface area contributed by atoms with E-state index in [0.29, 0.717) is 22.3 Å². The Morgan fingerprint density at radius 3 is 2.55 bits per heavy atom. The van der Waals surface area contributed by atoms with Gasteiger partial charge in [-0.1, -0.05) is 42.5 Å². The molecule has 1 aromatic heterocycles. The van der Waals surface area contributed by atoms with E-state index in [-0.39, 0.29) is 22.9 Å². The van der Waals surface area contributed by atoms with Crippen molar-refractivity contribution >= 4 is 32.3 Å². The van der Waals surface area contributed by atoms with E-state index in [1.54, 1.807) is 47.0 Å². The van der Waals surface area contributed by atoms with Gasteiger partial charge < -0.3 is 14.6 Å². The Balaban J connectivity index is 1.66. The third-order valence-corrected chi connectivity index (χ3v) is 7.02. The summed E-state index contributed by atoms with van der Waals surface area (Å²) in [7, 11) is -2.34. The second-order valence-electron chi connectivity index (χ2n) is 7.74. The first-order chi connectivity index (χ1) is 15.8. The molecule has 0 aliphatic carbocycles. The molecular formula is C25H23FN2O4S. The summed E-state index contributed by atoms with van der Waals surface area (Å²) in [5.74, 6) is -0.853. The van der Waals surface area contributed by atoms with Gasteiger partial charge in [-0.05, 0) is 36.8 Å². The number of fused-ring (bicyclic) bond motifs is 1. The van der Waals surface area contributed by atoms with Crippen molar-refractivity contribution in [3.63, 3.8) is 0 Å². The Labute approximate surface area is 191 Å². The van der Waals surface area contributed by atoms with Crippen molar-refractivity contribution in [2.75, 3.05) is 12.4 Å². The summed E-state index contributed by atoms with van der Waals surface area (Å²) in [6.07, 6.45) is 1.44. The quantitative estimate of drug-likeness (QED) is 0.428. The van der Waals surface area contributed by atoms with Gasteiger partial charge >= 0.3 is 0 Å². The zero-order chi connectivity index (χ0) is 23.6. The molecule has 8 heteroatoms. The van der Waals surface area contributed by atoms with Crippen LogP contribution in [-0.4, -0.2) is 26.0 Å². The van der Waals surface area contributed by atoms with Gasteiger partial charge in [-0.2, -0.15) is 0 Å². The van der Waals surface area contributed by atoms with Crippen molar-refractivity contribution in [3.8, 4) is 5.75 Å². The highest BCUT2D eigenvalue weighted by atomic mass is 32.2. The van der Waals surface area contributed by atoms with Crippen LogP contribution < -0.4 is 10.1 Å². The molecule has 1 amide bonds. The third-order valence-electron chi connectivity index (χ3n) is 5.33. The second kappa shape index (κ2) is 9.07. The van der Waals surface area contributed by atoms with Crippen molar-refractivity contribution in [1.29, 1.82) is 0 Å². The van der Waals surface area contributed by atoms with Crippen molar-refractivity contribution in [2.45, 2.75) is 24.1 Å². The Kier molecular flexibility index (Phi) is 6.20. The van der Waals surface area contributed by atoms with Gasteiger partial charge in [0, 0.05) is 22.7 Å². The van der Waals surface area contributed by atoms with E-state index in [1.807, 2.05) is 13.0 Å². The Bertz CT molecular complexity index is 1440. The number of ether oxygens (including phenoxy) is 1. The molecule has 0 saturated carbocycles. The first kappa shape index (κ1) is 22.5. The predicted molar refractivity (Wildman–Crippen MR) is 126 cm³/mol. The molecule has 4 aromatic rings. The zero-order valence-electron chi connectivity index (χ0n) is 18.2. The van der Waals surface area contributed by atoms with E-state index in [9.17, 15) is 17.6 Å². The van der Waals surface area contributed by atoms with Crippen molar-refractivity contribution < 1.29 is 22.3 Å². The van der Waals surface area contributed by atoms with E-state index < -0.39 is 21.4 Å². The van der Waals surface area contributed by atoms with Gasteiger partial charge in [0.1, 0.15) is 18.1 Å². The highest BCUT2D eigenvalue weighted by Crippen LogP contribution is 2.29. The lowest BCUT2D eigenvalue weighted by molar-refractivity contribution is -0.116. The fraction of sp³-hybridized carbons (Fsp3) is 0.160. The highest BCUT2D eigenvalue weighted by Gasteiger charge is 2.23. The van der Waals surface area contributed by atoms with Crippen LogP contribution in [-0.2, 0) is 26.9 Å². The topological polar surface area (TPSA) is 77.4 Å². The number of benzene rings is 3. The maximum Gasteiger partial charge on any atom is 0.244 e. The number of hydrogen-bond donors (Lipinski definition) is 1. The van der Waals surface area contributed by atoms with Crippen LogP contribution in [0.25, 0.3) is 10.9 Å². The molecule has 0 spiro atoms. The van der Waals surface area contributed by atoms with Crippen LogP contribution in [0.2, 0.25) is 0 Å². The summed E-state index contributed by atoms with van der Waals surface area (Å²) in [5.41, 5.74) is 2.18. The average molecular weight is 467 g/mol. The molecule has 4 rings (SSSR count). The SMILES string of the molecule is COc1ccc(C)cc1NC(=O)Cn1cc(S(=O)(=O)Cc2ccccc2F)c2ccccc21. The normalized spacial score (nSPS) is 11.5. The number of nitrogens with zero attached hydrogens (tertiary/aromatic N) is 1. The fourth-order valence-electron chi connectivity index (χ4n) is 3.75. The Morgan fingerprint density at radius 1 is 1.06 bits per heavy atom. The summed E-state index contributed by atoms with van der Waals surface area (Å²) in [6.45, 7) is 1.80. The molecule has 1 N–H and O–H groups in total. The maximum atomic E-state index is 14.1. The minimum atomic E-state index is -3.87. The second-order valence-corrected chi connectivity index (χ2v) is 9.70. The maximum absolute atomic E-state index is 14.1. The van der Waals surface area contributed by atoms with Gasteiger partial charge in [-0.25, -0.2) is 12.8 Å². The molecule has 0 bridgehead atoms. The lowest BCUT2D eigenvalue weighted by Crippen LogP contribution is -2.18. The minimum absolute atomic E-state index is 0.0577. The number of aromatic nitrogens is 1. The lowest BCUT2D eigenvalue weighted by atomic mass is 10.2. The molecule has 33 heavy (non-hydrogen) atoms. The van der Waals surface area contributed by atoms with Crippen LogP contribution in [0, 0.1) is 12.7 Å². The van der Waals surface area contributed by atoms with Crippen LogP contribution >= 0.6 is 0 Å². The number of carbonyl (C=O) groups excluding carboxylic acids is 1. The van der Waals surface area contributed by atoms with Crippen molar-refractivity contribution in [3.05, 3.63) is 89.9 Å². The number of amides is 1. The fourth-order valence-corrected chi connectivity index (χ4v) is 5.35. The van der Waals surface area contributed by atoms with E-state index in [0.717, 1.165) is 5.56 Å². The molecule has 0 radical (unpaired) electrons. The highest BCUT2D eigenvalue weighted by molar-refractivity contribution is 7.90. The number of aryl methyl sites for hydroxylation is 1. The molecule has 6 nitrogen and oxygen atoms in total. The lowest BCUT2D eigenvalue weighted by Gasteiger charge is -2.12. The first-order valence-electron chi connectivity index (χ1n) is 10.3. The summed E-state index contributed by atoms with van der Waals surface area (Å²) in [6, 6.07) is 18.2. The predicted octanol–water partition coefficient (Wildman–Crippen LogP) is 4.71. The van der Waals surface area contributed by atoms with Gasteiger partial charge in [0.15, 0.2) is 9.84 Å². The third kappa shape index (κ3) is 4.75. The monoisotopic (exact) mass is 466 g/mol. The van der Waals surface area contributed by atoms with Gasteiger partial charge in [0.25, 0.3) is 0 Å². The molecule has 1 heterocycles. The molecule has 0 saturated heterocycles. The van der Waals surface area contributed by atoms with Crippen molar-refractivity contribution in [2.24, 2.45) is 0 Å². The number of rotatable bonds is 7. The van der Waals surface area contributed by atoms with Crippen LogP contribution in [0.3, 0.4) is 0 Å². The number of para-hydroxylation sites is 1. The summed E-state index contributed by atoms with van der Waals surface area (Å²) in [5, 5.41) is 3.31. The van der Waals surface area contributed by atoms with Crippen molar-refractivity contribution in [1.82, 2.24) is 4.57 Å². The largest absolute Gasteiger partial charge is 0.495 e. The number of anilines is 1. The number of nitrogens with one attached hydrogen (secondary N) is 1. The van der Waals surface area contributed by atoms with Crippen LogP contribution in [0.4, 0.5) is 10.1 Å². The van der Waals surface area contributed by atoms with Gasteiger partial charge in [-0.3, -0.25) is 4.79 Å². The Morgan fingerprint density at radius 2 is 1.79 bits per heavy atom. The Hall–Kier alpha value is -3.65. The van der Waals surface area contributed by atoms with Gasteiger partial charge in [0.2, 0.25) is 5.91 Å². The van der Waals surface area contributed by atoms with E-state index >= 15 is 0 Å². The minimum Gasteiger partial charge on any atom is -0.495 e. The smallest absolute Gasteiger partial charge is 0.244 e. The summed E-state index contributed by atoms with van der Waals surface area (Å²) < 4.78 is 47.3. The van der Waals surface area contributed by atoms with Gasteiger partial charge in [0.05, 0.1) is 23.4 Å². The standard InChI is InChI=1S/C25H23FN2O4S/c1-17-11-12-23(32-2)21(13-17)27-25(29)15-28-14-24(19-8-4-6-10-22(19)28)33(30,31)16-18-7-3-5-9-20(18)26/h3-14H,15-16H2,1-2H3,(H,27,29). The zero-order valence-corrected chi connectivity index (χ0v) is 19.0. The number of sulfone groups is 1. The summed E-state index contributed by atoms with van der Waals surface area (Å²) in [4.78, 5) is 12.9. The molecule has 0 aliphatic rings. The molecule has 0 atom stereocenters. The molecule has 170 valence electrons. The first-order valence-corrected chi connectivity index (χ1v) is 11.9.